The van der Waals surface area contributed by atoms with Crippen molar-refractivity contribution in [3.63, 3.8) is 0 Å². The number of nitrogens with one attached hydrogen (secondary N) is 7. The van der Waals surface area contributed by atoms with Crippen LogP contribution in [-0.4, -0.2) is 120 Å². The molecule has 16 N–H and O–H groups in total. The molecule has 0 bridgehead atoms. The number of primary amides is 1. The maximum Gasteiger partial charge on any atom is 0.322 e. The molecule has 1 aromatic rings. The monoisotopic (exact) mass is 889 g/mol. The van der Waals surface area contributed by atoms with E-state index in [9.17, 15) is 43.2 Å². The zero-order valence-electron chi connectivity index (χ0n) is 37.0. The van der Waals surface area contributed by atoms with Crippen molar-refractivity contribution in [3.05, 3.63) is 35.9 Å². The zero-order chi connectivity index (χ0) is 47.8. The Morgan fingerprint density at radius 2 is 1.16 bits per heavy atom. The molecular weight excluding hydrogens is 821 g/mol. The van der Waals surface area contributed by atoms with Crippen molar-refractivity contribution in [2.24, 2.45) is 45.7 Å². The second-order valence-electron chi connectivity index (χ2n) is 16.1. The molecule has 0 saturated carbocycles. The van der Waals surface area contributed by atoms with Gasteiger partial charge in [0.2, 0.25) is 47.3 Å². The predicted molar refractivity (Wildman–Crippen MR) is 234 cm³/mol. The van der Waals surface area contributed by atoms with Crippen molar-refractivity contribution in [2.45, 2.75) is 123 Å². The first-order valence-electron chi connectivity index (χ1n) is 21.0. The van der Waals surface area contributed by atoms with Gasteiger partial charge < -0.3 is 65.3 Å². The fourth-order valence-electron chi connectivity index (χ4n) is 6.22. The molecule has 0 aliphatic heterocycles. The van der Waals surface area contributed by atoms with E-state index in [0.717, 1.165) is 0 Å². The van der Waals surface area contributed by atoms with Crippen molar-refractivity contribution >= 4 is 59.2 Å². The van der Waals surface area contributed by atoms with Crippen LogP contribution in [0.5, 0.6) is 0 Å². The van der Waals surface area contributed by atoms with Crippen LogP contribution in [0.2, 0.25) is 0 Å². The van der Waals surface area contributed by atoms with Crippen LogP contribution in [0.4, 0.5) is 0 Å². The molecule has 1 rings (SSSR count). The first kappa shape index (κ1) is 54.7. The van der Waals surface area contributed by atoms with Crippen LogP contribution >= 0.6 is 0 Å². The molecule has 0 unspecified atom stereocenters. The maximum absolute atomic E-state index is 14.2. The molecule has 0 aromatic heterocycles. The highest BCUT2D eigenvalue weighted by atomic mass is 16.4. The van der Waals surface area contributed by atoms with E-state index < -0.39 is 115 Å². The summed E-state index contributed by atoms with van der Waals surface area (Å²) in [4.78, 5) is 122. The van der Waals surface area contributed by atoms with E-state index in [4.69, 9.17) is 28.0 Å². The number of amides is 8. The molecule has 8 amide bonds. The molecule has 1 aromatic carbocycles. The minimum atomic E-state index is -1.59. The van der Waals surface area contributed by atoms with Gasteiger partial charge in [0.1, 0.15) is 42.8 Å². The summed E-state index contributed by atoms with van der Waals surface area (Å²) in [5.41, 5.74) is 22.4. The average Bonchev–Trinajstić information content (AvgIpc) is 3.20. The van der Waals surface area contributed by atoms with Crippen LogP contribution in [0.1, 0.15) is 85.6 Å². The summed E-state index contributed by atoms with van der Waals surface area (Å²) in [7, 11) is 0. The lowest BCUT2D eigenvalue weighted by atomic mass is 9.96. The van der Waals surface area contributed by atoms with Crippen LogP contribution in [0, 0.1) is 17.8 Å². The third-order valence-corrected chi connectivity index (χ3v) is 9.62. The van der Waals surface area contributed by atoms with Gasteiger partial charge in [-0.1, -0.05) is 78.3 Å². The van der Waals surface area contributed by atoms with E-state index >= 15 is 0 Å². The normalized spacial score (nSPS) is 14.3. The van der Waals surface area contributed by atoms with Gasteiger partial charge in [0.25, 0.3) is 0 Å². The topological polar surface area (TPSA) is 375 Å². The molecule has 63 heavy (non-hydrogen) atoms. The Morgan fingerprint density at radius 3 is 1.68 bits per heavy atom. The van der Waals surface area contributed by atoms with Crippen molar-refractivity contribution in [1.82, 2.24) is 37.2 Å². The number of aliphatic imine (C=N–C) groups is 1. The zero-order valence-corrected chi connectivity index (χ0v) is 37.0. The highest BCUT2D eigenvalue weighted by molar-refractivity contribution is 5.98. The van der Waals surface area contributed by atoms with Crippen molar-refractivity contribution in [1.29, 1.82) is 0 Å². The molecule has 0 saturated heterocycles. The van der Waals surface area contributed by atoms with Gasteiger partial charge in [0, 0.05) is 13.0 Å². The van der Waals surface area contributed by atoms with E-state index in [2.05, 4.69) is 42.2 Å². The first-order valence-corrected chi connectivity index (χ1v) is 21.0. The van der Waals surface area contributed by atoms with Gasteiger partial charge in [-0.25, -0.2) is 0 Å². The largest absolute Gasteiger partial charge is 0.480 e. The summed E-state index contributed by atoms with van der Waals surface area (Å²) in [6.45, 7) is 9.64. The highest BCUT2D eigenvalue weighted by Gasteiger charge is 2.35. The number of hydrogen-bond acceptors (Lipinski definition) is 11. The molecule has 352 valence electrons. The average molecular weight is 889 g/mol. The van der Waals surface area contributed by atoms with E-state index in [1.807, 2.05) is 13.8 Å². The molecular formula is C41H68N12O10. The van der Waals surface area contributed by atoms with Gasteiger partial charge >= 0.3 is 5.97 Å². The Labute approximate surface area is 368 Å². The first-order chi connectivity index (χ1) is 29.6. The Balaban J connectivity index is 3.54. The van der Waals surface area contributed by atoms with E-state index in [0.29, 0.717) is 12.0 Å². The van der Waals surface area contributed by atoms with Gasteiger partial charge in [-0.3, -0.25) is 48.1 Å². The summed E-state index contributed by atoms with van der Waals surface area (Å²) in [5, 5.41) is 26.9. The SMILES string of the molecule is CC[C@H](C)[C@H](NC(=O)[C@H](CCCN=C(N)N)NC(=O)[C@H](CC(N)=O)NC(=O)[C@H](CC(C)C)NC(=O)CN)C(=O)N[C@@H](Cc1ccccc1)C(=O)N[C@@H](CC(C)C)C(=O)NCC(=O)O. The number of carbonyl (C=O) groups is 9. The molecule has 0 heterocycles. The lowest BCUT2D eigenvalue weighted by Crippen LogP contribution is -2.61. The smallest absolute Gasteiger partial charge is 0.322 e. The number of nitrogens with two attached hydrogens (primary N) is 4. The quantitative estimate of drug-likeness (QED) is 0.0223. The van der Waals surface area contributed by atoms with Crippen molar-refractivity contribution in [3.8, 4) is 0 Å². The highest BCUT2D eigenvalue weighted by Crippen LogP contribution is 2.13. The van der Waals surface area contributed by atoms with Gasteiger partial charge in [0.15, 0.2) is 5.96 Å². The van der Waals surface area contributed by atoms with Crippen molar-refractivity contribution < 1.29 is 48.3 Å². The van der Waals surface area contributed by atoms with Gasteiger partial charge in [-0.15, -0.1) is 0 Å². The number of rotatable bonds is 29. The number of carboxylic acids is 1. The number of carboxylic acid groups (broad SMARTS) is 1. The number of aliphatic carboxylic acids is 1. The number of nitrogens with zero attached hydrogens (tertiary/aromatic N) is 1. The van der Waals surface area contributed by atoms with E-state index in [1.165, 1.54) is 0 Å². The van der Waals surface area contributed by atoms with Crippen molar-refractivity contribution in [2.75, 3.05) is 19.6 Å². The maximum atomic E-state index is 14.2. The molecule has 0 aliphatic rings. The summed E-state index contributed by atoms with van der Waals surface area (Å²) in [5.74, 6) is -8.71. The Kier molecular flexibility index (Phi) is 24.6. The summed E-state index contributed by atoms with van der Waals surface area (Å²) >= 11 is 0. The number of carbonyl (C=O) groups excluding carboxylic acids is 8. The number of hydrogen-bond donors (Lipinski definition) is 12. The minimum Gasteiger partial charge on any atom is -0.480 e. The van der Waals surface area contributed by atoms with Crippen LogP contribution in [0.3, 0.4) is 0 Å². The fraction of sp³-hybridized carbons (Fsp3) is 0.610. The lowest BCUT2D eigenvalue weighted by molar-refractivity contribution is -0.138. The number of guanidine groups is 1. The third-order valence-electron chi connectivity index (χ3n) is 9.62. The summed E-state index contributed by atoms with van der Waals surface area (Å²) in [6, 6.07) is 0.865. The minimum absolute atomic E-state index is 0.0326. The predicted octanol–water partition coefficient (Wildman–Crippen LogP) is -2.64. The van der Waals surface area contributed by atoms with Crippen LogP contribution in [0.25, 0.3) is 0 Å². The van der Waals surface area contributed by atoms with Gasteiger partial charge in [-0.2, -0.15) is 0 Å². The summed E-state index contributed by atoms with van der Waals surface area (Å²) in [6.07, 6.45) is 0.00608. The molecule has 7 atom stereocenters. The molecule has 0 spiro atoms. The van der Waals surface area contributed by atoms with E-state index in [-0.39, 0.29) is 56.4 Å². The lowest BCUT2D eigenvalue weighted by Gasteiger charge is -2.30. The van der Waals surface area contributed by atoms with Gasteiger partial charge in [0.05, 0.1) is 13.0 Å². The van der Waals surface area contributed by atoms with E-state index in [1.54, 1.807) is 58.0 Å². The van der Waals surface area contributed by atoms with Crippen LogP contribution in [0.15, 0.2) is 35.3 Å². The summed E-state index contributed by atoms with van der Waals surface area (Å²) < 4.78 is 0. The van der Waals surface area contributed by atoms with Crippen LogP contribution < -0.4 is 60.2 Å². The molecule has 0 radical (unpaired) electrons. The Hall–Kier alpha value is -6.32. The second kappa shape index (κ2) is 28.3. The second-order valence-corrected chi connectivity index (χ2v) is 16.1. The Morgan fingerprint density at radius 1 is 0.651 bits per heavy atom. The standard InChI is InChI=1S/C41H68N12O10/c1-7-24(6)34(40(63)52-29(18-25-12-9-8-10-13-25)38(61)50-27(16-22(2)3)35(58)47-21-33(56)57)53-36(59)26(14-11-15-46-41(44)45)49-39(62)30(19-31(43)54)51-37(60)28(17-23(4)5)48-32(55)20-42/h8-10,12-13,22-24,26-30,34H,7,11,14-21,42H2,1-6H3,(H2,43,54)(H,47,58)(H,48,55)(H,49,62)(H,50,61)(H,51,60)(H,52,63)(H,53,59)(H,56,57)(H4,44,45,46)/t24-,26-,27-,28-,29-,30-,34-/m0/s1. The Bertz CT molecular complexity index is 1740. The fourth-order valence-corrected chi connectivity index (χ4v) is 6.22. The van der Waals surface area contributed by atoms with Gasteiger partial charge in [-0.05, 0) is 49.0 Å². The molecule has 22 nitrogen and oxygen atoms in total. The third kappa shape index (κ3) is 21.9. The molecule has 22 heteroatoms. The molecule has 0 fully saturated rings. The number of benzene rings is 1. The molecule has 0 aliphatic carbocycles. The van der Waals surface area contributed by atoms with Crippen LogP contribution in [-0.2, 0) is 49.6 Å².